The van der Waals surface area contributed by atoms with Crippen molar-refractivity contribution in [3.63, 3.8) is 0 Å². The number of pyridine rings is 2. The molecule has 0 aromatic carbocycles. The van der Waals surface area contributed by atoms with E-state index in [4.69, 9.17) is 9.72 Å². The minimum atomic E-state index is -0.00965. The summed E-state index contributed by atoms with van der Waals surface area (Å²) in [6.07, 6.45) is 5.70. The lowest BCUT2D eigenvalue weighted by Gasteiger charge is -2.25. The van der Waals surface area contributed by atoms with Crippen LogP contribution in [-0.2, 0) is 10.8 Å². The molecular formula is C17H24N2O. The van der Waals surface area contributed by atoms with E-state index in [1.807, 2.05) is 18.6 Å². The van der Waals surface area contributed by atoms with Crippen LogP contribution in [0.4, 0.5) is 0 Å². The lowest BCUT2D eigenvalue weighted by Crippen LogP contribution is -2.16. The van der Waals surface area contributed by atoms with Crippen molar-refractivity contribution in [3.8, 4) is 5.75 Å². The first-order valence-electron chi connectivity index (χ1n) is 6.98. The van der Waals surface area contributed by atoms with Crippen molar-refractivity contribution in [1.29, 1.82) is 0 Å². The topological polar surface area (TPSA) is 35.0 Å². The average molecular weight is 272 g/mol. The quantitative estimate of drug-likeness (QED) is 0.779. The molecule has 0 atom stereocenters. The van der Waals surface area contributed by atoms with Crippen LogP contribution in [0.25, 0.3) is 10.9 Å². The molecule has 20 heavy (non-hydrogen) atoms. The van der Waals surface area contributed by atoms with Gasteiger partial charge < -0.3 is 4.74 Å². The molecular weight excluding hydrogens is 248 g/mol. The van der Waals surface area contributed by atoms with E-state index in [1.54, 1.807) is 7.11 Å². The van der Waals surface area contributed by atoms with E-state index in [0.29, 0.717) is 0 Å². The first-order chi connectivity index (χ1) is 9.16. The van der Waals surface area contributed by atoms with Gasteiger partial charge in [-0.05, 0) is 10.8 Å². The number of ether oxygens (including phenoxy) is 1. The molecule has 0 unspecified atom stereocenters. The molecule has 0 amide bonds. The van der Waals surface area contributed by atoms with Crippen molar-refractivity contribution in [2.24, 2.45) is 0 Å². The highest BCUT2D eigenvalue weighted by molar-refractivity contribution is 5.88. The molecule has 0 fully saturated rings. The fourth-order valence-electron chi connectivity index (χ4n) is 2.39. The highest BCUT2D eigenvalue weighted by atomic mass is 16.5. The van der Waals surface area contributed by atoms with Gasteiger partial charge in [-0.1, -0.05) is 41.5 Å². The second-order valence-corrected chi connectivity index (χ2v) is 7.29. The number of fused-ring (bicyclic) bond motifs is 1. The van der Waals surface area contributed by atoms with Crippen LogP contribution in [0.3, 0.4) is 0 Å². The number of hydrogen-bond donors (Lipinski definition) is 0. The zero-order chi connectivity index (χ0) is 15.1. The summed E-state index contributed by atoms with van der Waals surface area (Å²) in [6.45, 7) is 13.0. The number of nitrogens with zero attached hydrogens (tertiary/aromatic N) is 2. The van der Waals surface area contributed by atoms with Crippen molar-refractivity contribution in [3.05, 3.63) is 29.7 Å². The van der Waals surface area contributed by atoms with Crippen LogP contribution in [0.15, 0.2) is 18.6 Å². The summed E-state index contributed by atoms with van der Waals surface area (Å²) >= 11 is 0. The monoisotopic (exact) mass is 272 g/mol. The second-order valence-electron chi connectivity index (χ2n) is 7.29. The lowest BCUT2D eigenvalue weighted by atomic mass is 9.84. The Hall–Kier alpha value is -1.64. The smallest absolute Gasteiger partial charge is 0.135 e. The van der Waals surface area contributed by atoms with E-state index in [0.717, 1.165) is 27.8 Å². The van der Waals surface area contributed by atoms with E-state index in [-0.39, 0.29) is 10.8 Å². The van der Waals surface area contributed by atoms with Crippen LogP contribution in [-0.4, -0.2) is 17.1 Å². The largest absolute Gasteiger partial charge is 0.496 e. The molecule has 0 radical (unpaired) electrons. The van der Waals surface area contributed by atoms with E-state index in [1.165, 1.54) is 0 Å². The summed E-state index contributed by atoms with van der Waals surface area (Å²) in [5, 5.41) is 0.993. The van der Waals surface area contributed by atoms with Gasteiger partial charge in [-0.2, -0.15) is 0 Å². The third kappa shape index (κ3) is 2.49. The fraction of sp³-hybridized carbons (Fsp3) is 0.529. The Balaban J connectivity index is 2.84. The summed E-state index contributed by atoms with van der Waals surface area (Å²) in [4.78, 5) is 9.09. The zero-order valence-corrected chi connectivity index (χ0v) is 13.5. The maximum Gasteiger partial charge on any atom is 0.135 e. The maximum atomic E-state index is 5.67. The van der Waals surface area contributed by atoms with Gasteiger partial charge in [0.05, 0.1) is 18.0 Å². The molecule has 2 aromatic rings. The molecule has 0 aliphatic rings. The van der Waals surface area contributed by atoms with Gasteiger partial charge in [-0.3, -0.25) is 9.97 Å². The molecule has 0 aliphatic carbocycles. The van der Waals surface area contributed by atoms with Crippen LogP contribution in [0.1, 0.15) is 52.7 Å². The summed E-state index contributed by atoms with van der Waals surface area (Å²) in [5.41, 5.74) is 3.24. The van der Waals surface area contributed by atoms with Crippen LogP contribution in [0, 0.1) is 0 Å². The van der Waals surface area contributed by atoms with Gasteiger partial charge in [-0.15, -0.1) is 0 Å². The Bertz CT molecular complexity index is 634. The highest BCUT2D eigenvalue weighted by Crippen LogP contribution is 2.38. The molecule has 2 heterocycles. The molecule has 0 bridgehead atoms. The molecule has 3 nitrogen and oxygen atoms in total. The van der Waals surface area contributed by atoms with Gasteiger partial charge in [0.2, 0.25) is 0 Å². The predicted octanol–water partition coefficient (Wildman–Crippen LogP) is 4.23. The van der Waals surface area contributed by atoms with E-state index in [9.17, 15) is 0 Å². The van der Waals surface area contributed by atoms with Gasteiger partial charge in [0, 0.05) is 29.7 Å². The standard InChI is InChI=1S/C17H24N2O/c1-16(2,3)12-9-18-8-11-14(12)19-10-13(15(11)20-7)17(4,5)6/h8-10H,1-7H3. The molecule has 2 aromatic heterocycles. The van der Waals surface area contributed by atoms with Crippen LogP contribution in [0.2, 0.25) is 0 Å². The highest BCUT2D eigenvalue weighted by Gasteiger charge is 2.24. The lowest BCUT2D eigenvalue weighted by molar-refractivity contribution is 0.401. The summed E-state index contributed by atoms with van der Waals surface area (Å²) in [6, 6.07) is 0. The van der Waals surface area contributed by atoms with Crippen molar-refractivity contribution in [1.82, 2.24) is 9.97 Å². The Kier molecular flexibility index (Phi) is 3.49. The first kappa shape index (κ1) is 14.8. The van der Waals surface area contributed by atoms with E-state index in [2.05, 4.69) is 46.5 Å². The fourth-order valence-corrected chi connectivity index (χ4v) is 2.39. The minimum Gasteiger partial charge on any atom is -0.496 e. The number of aromatic nitrogens is 2. The third-order valence-corrected chi connectivity index (χ3v) is 3.55. The maximum absolute atomic E-state index is 5.67. The van der Waals surface area contributed by atoms with Crippen LogP contribution in [0.5, 0.6) is 5.75 Å². The Morgan fingerprint density at radius 3 is 1.95 bits per heavy atom. The van der Waals surface area contributed by atoms with Gasteiger partial charge in [0.15, 0.2) is 0 Å². The van der Waals surface area contributed by atoms with E-state index < -0.39 is 0 Å². The Labute approximate surface area is 121 Å². The zero-order valence-electron chi connectivity index (χ0n) is 13.5. The van der Waals surface area contributed by atoms with Crippen molar-refractivity contribution in [2.75, 3.05) is 7.11 Å². The molecule has 0 saturated carbocycles. The van der Waals surface area contributed by atoms with Gasteiger partial charge in [0.1, 0.15) is 5.75 Å². The number of rotatable bonds is 1. The third-order valence-electron chi connectivity index (χ3n) is 3.55. The van der Waals surface area contributed by atoms with Crippen molar-refractivity contribution < 1.29 is 4.74 Å². The summed E-state index contributed by atoms with van der Waals surface area (Å²) in [7, 11) is 1.72. The number of hydrogen-bond acceptors (Lipinski definition) is 3. The first-order valence-corrected chi connectivity index (χ1v) is 6.98. The van der Waals surface area contributed by atoms with Crippen LogP contribution < -0.4 is 4.74 Å². The van der Waals surface area contributed by atoms with Gasteiger partial charge in [0.25, 0.3) is 0 Å². The predicted molar refractivity (Wildman–Crippen MR) is 83.5 cm³/mol. The molecule has 108 valence electrons. The molecule has 0 saturated heterocycles. The molecule has 2 rings (SSSR count). The van der Waals surface area contributed by atoms with Crippen molar-refractivity contribution in [2.45, 2.75) is 52.4 Å². The minimum absolute atomic E-state index is 0.00771. The van der Waals surface area contributed by atoms with Gasteiger partial charge in [-0.25, -0.2) is 0 Å². The molecule has 0 aliphatic heterocycles. The second kappa shape index (κ2) is 4.72. The Morgan fingerprint density at radius 2 is 1.45 bits per heavy atom. The van der Waals surface area contributed by atoms with Crippen LogP contribution >= 0.6 is 0 Å². The SMILES string of the molecule is COc1c(C(C)(C)C)cnc2c(C(C)(C)C)cncc12. The average Bonchev–Trinajstić information content (AvgIpc) is 2.34. The summed E-state index contributed by atoms with van der Waals surface area (Å²) < 4.78 is 5.67. The van der Waals surface area contributed by atoms with Gasteiger partial charge >= 0.3 is 0 Å². The van der Waals surface area contributed by atoms with E-state index >= 15 is 0 Å². The molecule has 3 heteroatoms. The number of methoxy groups -OCH3 is 1. The summed E-state index contributed by atoms with van der Waals surface area (Å²) in [5.74, 6) is 0.890. The molecule has 0 N–H and O–H groups in total. The van der Waals surface area contributed by atoms with Crippen molar-refractivity contribution >= 4 is 10.9 Å². The normalized spacial score (nSPS) is 12.8. The Morgan fingerprint density at radius 1 is 0.850 bits per heavy atom. The molecule has 0 spiro atoms.